The Morgan fingerprint density at radius 1 is 1.33 bits per heavy atom. The van der Waals surface area contributed by atoms with Crippen LogP contribution in [0.4, 0.5) is 4.39 Å². The second-order valence-corrected chi connectivity index (χ2v) is 3.21. The van der Waals surface area contributed by atoms with Crippen molar-refractivity contribution in [2.75, 3.05) is 6.61 Å². The van der Waals surface area contributed by atoms with E-state index in [1.165, 1.54) is 12.1 Å². The Kier molecular flexibility index (Phi) is 2.78. The number of hydrogen-bond donors (Lipinski definition) is 1. The fourth-order valence-corrected chi connectivity index (χ4v) is 1.37. The predicted molar refractivity (Wildman–Crippen MR) is 54.3 cm³/mol. The first-order chi connectivity index (χ1) is 7.29. The monoisotopic (exact) mass is 206 g/mol. The first kappa shape index (κ1) is 9.86. The van der Waals surface area contributed by atoms with Crippen LogP contribution in [0.15, 0.2) is 36.5 Å². The largest absolute Gasteiger partial charge is 0.396 e. The van der Waals surface area contributed by atoms with Gasteiger partial charge in [0, 0.05) is 19.2 Å². The highest BCUT2D eigenvalue weighted by atomic mass is 19.1. The van der Waals surface area contributed by atoms with E-state index < -0.39 is 0 Å². The van der Waals surface area contributed by atoms with E-state index in [0.29, 0.717) is 12.1 Å². The summed E-state index contributed by atoms with van der Waals surface area (Å²) in [6, 6.07) is 8.02. The number of halogens is 1. The Morgan fingerprint density at radius 3 is 2.93 bits per heavy atom. The average molecular weight is 206 g/mol. The molecule has 0 atom stereocenters. The van der Waals surface area contributed by atoms with E-state index in [2.05, 4.69) is 5.10 Å². The second kappa shape index (κ2) is 4.23. The molecule has 3 nitrogen and oxygen atoms in total. The van der Waals surface area contributed by atoms with Gasteiger partial charge < -0.3 is 5.11 Å². The molecule has 0 aliphatic rings. The van der Waals surface area contributed by atoms with Crippen LogP contribution >= 0.6 is 0 Å². The normalized spacial score (nSPS) is 10.5. The summed E-state index contributed by atoms with van der Waals surface area (Å²) >= 11 is 0. The van der Waals surface area contributed by atoms with Gasteiger partial charge in [0.25, 0.3) is 0 Å². The van der Waals surface area contributed by atoms with Crippen LogP contribution in [0.2, 0.25) is 0 Å². The third-order valence-electron chi connectivity index (χ3n) is 2.08. The van der Waals surface area contributed by atoms with Crippen molar-refractivity contribution in [1.82, 2.24) is 9.78 Å². The summed E-state index contributed by atoms with van der Waals surface area (Å²) in [5, 5.41) is 12.9. The highest BCUT2D eigenvalue weighted by Gasteiger charge is 2.01. The van der Waals surface area contributed by atoms with Gasteiger partial charge >= 0.3 is 0 Å². The van der Waals surface area contributed by atoms with Crippen molar-refractivity contribution in [2.45, 2.75) is 6.42 Å². The first-order valence-corrected chi connectivity index (χ1v) is 4.71. The van der Waals surface area contributed by atoms with Crippen LogP contribution < -0.4 is 0 Å². The average Bonchev–Trinajstić information content (AvgIpc) is 2.67. The molecular weight excluding hydrogens is 195 g/mol. The third kappa shape index (κ3) is 2.22. The lowest BCUT2D eigenvalue weighted by atomic mass is 10.3. The number of nitrogens with zero attached hydrogens (tertiary/aromatic N) is 2. The molecule has 4 heteroatoms. The Labute approximate surface area is 86.8 Å². The Hall–Kier alpha value is -1.68. The van der Waals surface area contributed by atoms with Crippen LogP contribution in [0.5, 0.6) is 0 Å². The van der Waals surface area contributed by atoms with E-state index >= 15 is 0 Å². The van der Waals surface area contributed by atoms with Crippen molar-refractivity contribution in [2.24, 2.45) is 0 Å². The molecule has 0 fully saturated rings. The highest BCUT2D eigenvalue weighted by molar-refractivity contribution is 5.31. The number of aliphatic hydroxyl groups excluding tert-OH is 1. The molecule has 0 aliphatic heterocycles. The Bertz CT molecular complexity index is 453. The number of hydrogen-bond acceptors (Lipinski definition) is 2. The lowest BCUT2D eigenvalue weighted by molar-refractivity contribution is 0.298. The van der Waals surface area contributed by atoms with E-state index in [9.17, 15) is 4.39 Å². The summed E-state index contributed by atoms with van der Waals surface area (Å²) in [4.78, 5) is 0. The molecule has 0 saturated heterocycles. The summed E-state index contributed by atoms with van der Waals surface area (Å²) in [7, 11) is 0. The minimum atomic E-state index is -0.285. The summed E-state index contributed by atoms with van der Waals surface area (Å²) in [5.74, 6) is -0.285. The molecule has 2 rings (SSSR count). The smallest absolute Gasteiger partial charge is 0.125 e. The molecule has 15 heavy (non-hydrogen) atoms. The quantitative estimate of drug-likeness (QED) is 0.827. The van der Waals surface area contributed by atoms with Crippen molar-refractivity contribution in [3.05, 3.63) is 48.0 Å². The van der Waals surface area contributed by atoms with Crippen molar-refractivity contribution in [1.29, 1.82) is 0 Å². The highest BCUT2D eigenvalue weighted by Crippen LogP contribution is 2.09. The maximum atomic E-state index is 12.9. The van der Waals surface area contributed by atoms with Crippen LogP contribution in [0.25, 0.3) is 5.69 Å². The molecule has 1 aromatic heterocycles. The van der Waals surface area contributed by atoms with Crippen molar-refractivity contribution < 1.29 is 9.50 Å². The van der Waals surface area contributed by atoms with E-state index in [0.717, 1.165) is 5.69 Å². The molecule has 0 aliphatic carbocycles. The van der Waals surface area contributed by atoms with Gasteiger partial charge in [-0.1, -0.05) is 6.07 Å². The Morgan fingerprint density at radius 2 is 2.20 bits per heavy atom. The summed E-state index contributed by atoms with van der Waals surface area (Å²) in [6.45, 7) is 0.0696. The lowest BCUT2D eigenvalue weighted by Gasteiger charge is -2.00. The second-order valence-electron chi connectivity index (χ2n) is 3.21. The van der Waals surface area contributed by atoms with Gasteiger partial charge in [-0.05, 0) is 24.3 Å². The molecular formula is C11H11FN2O. The van der Waals surface area contributed by atoms with Gasteiger partial charge in [0.1, 0.15) is 5.82 Å². The molecule has 0 unspecified atom stereocenters. The van der Waals surface area contributed by atoms with Crippen molar-refractivity contribution in [3.63, 3.8) is 0 Å². The van der Waals surface area contributed by atoms with Gasteiger partial charge in [0.2, 0.25) is 0 Å². The third-order valence-corrected chi connectivity index (χ3v) is 2.08. The molecule has 0 saturated carbocycles. The zero-order chi connectivity index (χ0) is 10.7. The number of aliphatic hydroxyl groups is 1. The molecule has 0 bridgehead atoms. The lowest BCUT2D eigenvalue weighted by Crippen LogP contribution is -1.98. The van der Waals surface area contributed by atoms with E-state index in [-0.39, 0.29) is 12.4 Å². The van der Waals surface area contributed by atoms with Crippen LogP contribution in [-0.2, 0) is 6.42 Å². The molecule has 1 N–H and O–H groups in total. The Balaban J connectivity index is 2.29. The van der Waals surface area contributed by atoms with Gasteiger partial charge in [-0.25, -0.2) is 9.07 Å². The molecule has 0 spiro atoms. The van der Waals surface area contributed by atoms with Gasteiger partial charge in [0.05, 0.1) is 11.4 Å². The van der Waals surface area contributed by atoms with Crippen LogP contribution in [0.3, 0.4) is 0 Å². The first-order valence-electron chi connectivity index (χ1n) is 4.71. The van der Waals surface area contributed by atoms with Gasteiger partial charge in [-0.15, -0.1) is 0 Å². The molecule has 0 amide bonds. The fraction of sp³-hybridized carbons (Fsp3) is 0.182. The molecule has 1 aromatic carbocycles. The maximum Gasteiger partial charge on any atom is 0.125 e. The van der Waals surface area contributed by atoms with Gasteiger partial charge in [0.15, 0.2) is 0 Å². The van der Waals surface area contributed by atoms with E-state index in [1.807, 2.05) is 0 Å². The molecule has 2 aromatic rings. The zero-order valence-corrected chi connectivity index (χ0v) is 8.10. The number of rotatable bonds is 3. The maximum absolute atomic E-state index is 12.9. The van der Waals surface area contributed by atoms with Gasteiger partial charge in [-0.2, -0.15) is 5.10 Å². The number of benzene rings is 1. The molecule has 0 radical (unpaired) electrons. The van der Waals surface area contributed by atoms with E-state index in [4.69, 9.17) is 5.11 Å². The van der Waals surface area contributed by atoms with Crippen LogP contribution in [0.1, 0.15) is 5.69 Å². The number of aromatic nitrogens is 2. The summed E-state index contributed by atoms with van der Waals surface area (Å²) in [6.07, 6.45) is 2.27. The van der Waals surface area contributed by atoms with Crippen molar-refractivity contribution >= 4 is 0 Å². The topological polar surface area (TPSA) is 38.0 Å². The molecule has 78 valence electrons. The summed E-state index contributed by atoms with van der Waals surface area (Å²) in [5.41, 5.74) is 1.47. The zero-order valence-electron chi connectivity index (χ0n) is 8.10. The van der Waals surface area contributed by atoms with E-state index in [1.54, 1.807) is 29.1 Å². The fourth-order valence-electron chi connectivity index (χ4n) is 1.37. The summed E-state index contributed by atoms with van der Waals surface area (Å²) < 4.78 is 14.5. The minimum Gasteiger partial charge on any atom is -0.396 e. The van der Waals surface area contributed by atoms with Gasteiger partial charge in [-0.3, -0.25) is 0 Å². The minimum absolute atomic E-state index is 0.0696. The van der Waals surface area contributed by atoms with Crippen LogP contribution in [-0.4, -0.2) is 21.5 Å². The SMILES string of the molecule is OCCc1ccn(-c2cccc(F)c2)n1. The predicted octanol–water partition coefficient (Wildman–Crippen LogP) is 1.55. The van der Waals surface area contributed by atoms with Crippen molar-refractivity contribution in [3.8, 4) is 5.69 Å². The standard InChI is InChI=1S/C11H11FN2O/c12-9-2-1-3-11(8-9)14-6-4-10(13-14)5-7-15/h1-4,6,8,15H,5,7H2. The molecule has 1 heterocycles. The van der Waals surface area contributed by atoms with Crippen LogP contribution in [0, 0.1) is 5.82 Å².